The highest BCUT2D eigenvalue weighted by Gasteiger charge is 2.08. The van der Waals surface area contributed by atoms with E-state index in [1.807, 2.05) is 0 Å². The molecule has 1 aromatic heterocycles. The van der Waals surface area contributed by atoms with Crippen LogP contribution < -0.4 is 11.1 Å². The number of hydrogen-bond acceptors (Lipinski definition) is 6. The Kier molecular flexibility index (Phi) is 4.80. The van der Waals surface area contributed by atoms with Gasteiger partial charge in [0.2, 0.25) is 11.1 Å². The molecule has 0 unspecified atom stereocenters. The SMILES string of the molecule is Cn1nnnc1SCCC(=O)Nc1ccc(Cl)cc1N. The number of rotatable bonds is 5. The largest absolute Gasteiger partial charge is 0.397 e. The molecule has 3 N–H and O–H groups in total. The minimum atomic E-state index is -0.123. The van der Waals surface area contributed by atoms with Gasteiger partial charge in [0.25, 0.3) is 0 Å². The summed E-state index contributed by atoms with van der Waals surface area (Å²) in [7, 11) is 1.75. The van der Waals surface area contributed by atoms with Crippen molar-refractivity contribution < 1.29 is 4.79 Å². The Morgan fingerprint density at radius 2 is 2.35 bits per heavy atom. The molecule has 0 saturated carbocycles. The van der Waals surface area contributed by atoms with E-state index in [-0.39, 0.29) is 5.91 Å². The summed E-state index contributed by atoms with van der Waals surface area (Å²) in [6, 6.07) is 4.94. The minimum absolute atomic E-state index is 0.123. The van der Waals surface area contributed by atoms with Gasteiger partial charge < -0.3 is 11.1 Å². The van der Waals surface area contributed by atoms with Crippen LogP contribution in [0.15, 0.2) is 23.4 Å². The quantitative estimate of drug-likeness (QED) is 0.642. The second-order valence-corrected chi connectivity index (χ2v) is 5.46. The Labute approximate surface area is 124 Å². The first kappa shape index (κ1) is 14.6. The molecule has 1 aromatic carbocycles. The standard InChI is InChI=1S/C11H13ClN6OS/c1-18-11(15-16-17-18)20-5-4-10(19)14-9-3-2-7(12)6-8(9)13/h2-3,6H,4-5,13H2,1H3,(H,14,19). The fourth-order valence-electron chi connectivity index (χ4n) is 1.44. The second kappa shape index (κ2) is 6.58. The first-order valence-corrected chi connectivity index (χ1v) is 7.12. The summed E-state index contributed by atoms with van der Waals surface area (Å²) in [4.78, 5) is 11.8. The summed E-state index contributed by atoms with van der Waals surface area (Å²) in [6.07, 6.45) is 0.333. The minimum Gasteiger partial charge on any atom is -0.397 e. The summed E-state index contributed by atoms with van der Waals surface area (Å²) in [5.74, 6) is 0.453. The number of carbonyl (C=O) groups is 1. The van der Waals surface area contributed by atoms with Crippen LogP contribution in [0, 0.1) is 0 Å². The number of halogens is 1. The van der Waals surface area contributed by atoms with E-state index in [1.165, 1.54) is 11.8 Å². The Balaban J connectivity index is 1.82. The number of benzene rings is 1. The molecule has 1 heterocycles. The van der Waals surface area contributed by atoms with E-state index in [1.54, 1.807) is 29.9 Å². The first-order chi connectivity index (χ1) is 9.56. The van der Waals surface area contributed by atoms with Crippen LogP contribution in [0.2, 0.25) is 5.02 Å². The number of nitrogen functional groups attached to an aromatic ring is 1. The zero-order chi connectivity index (χ0) is 14.5. The fraction of sp³-hybridized carbons (Fsp3) is 0.273. The van der Waals surface area contributed by atoms with Crippen LogP contribution in [0.1, 0.15) is 6.42 Å². The van der Waals surface area contributed by atoms with E-state index in [2.05, 4.69) is 20.8 Å². The highest BCUT2D eigenvalue weighted by atomic mass is 35.5. The third kappa shape index (κ3) is 3.84. The summed E-state index contributed by atoms with van der Waals surface area (Å²) in [5.41, 5.74) is 6.76. The molecule has 0 aliphatic heterocycles. The maximum Gasteiger partial charge on any atom is 0.225 e. The molecule has 0 radical (unpaired) electrons. The number of amides is 1. The topological polar surface area (TPSA) is 98.7 Å². The maximum absolute atomic E-state index is 11.8. The first-order valence-electron chi connectivity index (χ1n) is 5.76. The van der Waals surface area contributed by atoms with Crippen molar-refractivity contribution in [3.05, 3.63) is 23.2 Å². The number of carbonyl (C=O) groups excluding carboxylic acids is 1. The van der Waals surface area contributed by atoms with Crippen LogP contribution in [-0.4, -0.2) is 31.9 Å². The van der Waals surface area contributed by atoms with Crippen LogP contribution in [0.25, 0.3) is 0 Å². The Morgan fingerprint density at radius 3 is 3.00 bits per heavy atom. The smallest absolute Gasteiger partial charge is 0.225 e. The Morgan fingerprint density at radius 1 is 1.55 bits per heavy atom. The lowest BCUT2D eigenvalue weighted by Crippen LogP contribution is -2.13. The van der Waals surface area contributed by atoms with Gasteiger partial charge in [0.05, 0.1) is 11.4 Å². The Bertz CT molecular complexity index is 617. The van der Waals surface area contributed by atoms with E-state index in [4.69, 9.17) is 17.3 Å². The second-order valence-electron chi connectivity index (χ2n) is 3.96. The van der Waals surface area contributed by atoms with Crippen LogP contribution in [0.5, 0.6) is 0 Å². The fourth-order valence-corrected chi connectivity index (χ4v) is 2.41. The van der Waals surface area contributed by atoms with E-state index < -0.39 is 0 Å². The van der Waals surface area contributed by atoms with Crippen molar-refractivity contribution in [2.24, 2.45) is 7.05 Å². The van der Waals surface area contributed by atoms with Gasteiger partial charge in [-0.15, -0.1) is 5.10 Å². The van der Waals surface area contributed by atoms with Gasteiger partial charge in [0.15, 0.2) is 0 Å². The average Bonchev–Trinajstić information content (AvgIpc) is 2.79. The predicted molar refractivity (Wildman–Crippen MR) is 78.6 cm³/mol. The molecule has 1 amide bonds. The normalized spacial score (nSPS) is 10.5. The van der Waals surface area contributed by atoms with Crippen molar-refractivity contribution in [3.63, 3.8) is 0 Å². The summed E-state index contributed by atoms with van der Waals surface area (Å²) < 4.78 is 1.56. The molecule has 0 spiro atoms. The molecule has 0 aliphatic carbocycles. The number of nitrogens with zero attached hydrogens (tertiary/aromatic N) is 4. The molecule has 20 heavy (non-hydrogen) atoms. The highest BCUT2D eigenvalue weighted by Crippen LogP contribution is 2.23. The zero-order valence-corrected chi connectivity index (χ0v) is 12.3. The number of hydrogen-bond donors (Lipinski definition) is 2. The predicted octanol–water partition coefficient (Wildman–Crippen LogP) is 1.57. The number of anilines is 2. The van der Waals surface area contributed by atoms with Gasteiger partial charge in [-0.2, -0.15) is 0 Å². The third-order valence-electron chi connectivity index (χ3n) is 2.43. The summed E-state index contributed by atoms with van der Waals surface area (Å²) in [6.45, 7) is 0. The molecular formula is C11H13ClN6OS. The van der Waals surface area contributed by atoms with Crippen LogP contribution in [0.4, 0.5) is 11.4 Å². The zero-order valence-electron chi connectivity index (χ0n) is 10.7. The van der Waals surface area contributed by atoms with Crippen molar-refractivity contribution in [1.29, 1.82) is 0 Å². The van der Waals surface area contributed by atoms with Crippen LogP contribution >= 0.6 is 23.4 Å². The third-order valence-corrected chi connectivity index (χ3v) is 3.68. The van der Waals surface area contributed by atoms with Gasteiger partial charge >= 0.3 is 0 Å². The molecule has 0 fully saturated rings. The van der Waals surface area contributed by atoms with E-state index in [9.17, 15) is 4.79 Å². The maximum atomic E-state index is 11.8. The van der Waals surface area contributed by atoms with Crippen molar-refractivity contribution in [1.82, 2.24) is 20.2 Å². The summed E-state index contributed by atoms with van der Waals surface area (Å²) in [5, 5.41) is 15.0. The van der Waals surface area contributed by atoms with Crippen molar-refractivity contribution >= 4 is 40.6 Å². The number of aryl methyl sites for hydroxylation is 1. The molecule has 0 saturated heterocycles. The van der Waals surface area contributed by atoms with E-state index >= 15 is 0 Å². The molecular weight excluding hydrogens is 300 g/mol. The van der Waals surface area contributed by atoms with Crippen molar-refractivity contribution in [2.45, 2.75) is 11.6 Å². The van der Waals surface area contributed by atoms with E-state index in [0.29, 0.717) is 33.7 Å². The summed E-state index contributed by atoms with van der Waals surface area (Å²) >= 11 is 7.20. The number of nitrogens with one attached hydrogen (secondary N) is 1. The molecule has 0 aliphatic rings. The van der Waals surface area contributed by atoms with Crippen LogP contribution in [0.3, 0.4) is 0 Å². The lowest BCUT2D eigenvalue weighted by atomic mass is 10.2. The molecule has 7 nitrogen and oxygen atoms in total. The number of tetrazole rings is 1. The average molecular weight is 313 g/mol. The van der Waals surface area contributed by atoms with E-state index in [0.717, 1.165) is 0 Å². The number of aromatic nitrogens is 4. The van der Waals surface area contributed by atoms with Gasteiger partial charge in [0.1, 0.15) is 0 Å². The van der Waals surface area contributed by atoms with Gasteiger partial charge in [-0.3, -0.25) is 4.79 Å². The van der Waals surface area contributed by atoms with Crippen LogP contribution in [-0.2, 0) is 11.8 Å². The van der Waals surface area contributed by atoms with Gasteiger partial charge in [-0.05, 0) is 28.6 Å². The lowest BCUT2D eigenvalue weighted by molar-refractivity contribution is -0.115. The Hall–Kier alpha value is -1.80. The van der Waals surface area contributed by atoms with Gasteiger partial charge in [-0.25, -0.2) is 4.68 Å². The number of nitrogens with two attached hydrogens (primary N) is 1. The van der Waals surface area contributed by atoms with Crippen molar-refractivity contribution in [3.8, 4) is 0 Å². The van der Waals surface area contributed by atoms with Crippen molar-refractivity contribution in [2.75, 3.05) is 16.8 Å². The van der Waals surface area contributed by atoms with Gasteiger partial charge in [0, 0.05) is 24.2 Å². The van der Waals surface area contributed by atoms with Gasteiger partial charge in [-0.1, -0.05) is 23.4 Å². The molecule has 2 rings (SSSR count). The lowest BCUT2D eigenvalue weighted by Gasteiger charge is -2.08. The molecule has 2 aromatic rings. The monoisotopic (exact) mass is 312 g/mol. The highest BCUT2D eigenvalue weighted by molar-refractivity contribution is 7.99. The number of thioether (sulfide) groups is 1. The molecule has 0 bridgehead atoms. The molecule has 106 valence electrons. The molecule has 9 heteroatoms. The molecule has 0 atom stereocenters.